The van der Waals surface area contributed by atoms with Gasteiger partial charge in [-0.2, -0.15) is 0 Å². The SMILES string of the molecule is CCCC(CCCCCC(CC)C(=O)OCC[N+](C)(C)CC(=O)O)C(=O)OCC[N+](C)(C)CC(=O)O. The van der Waals surface area contributed by atoms with Crippen molar-refractivity contribution in [2.45, 2.75) is 65.2 Å². The van der Waals surface area contributed by atoms with E-state index >= 15 is 0 Å². The van der Waals surface area contributed by atoms with Crippen molar-refractivity contribution in [3.8, 4) is 0 Å². The standard InChI is InChI=1S/C26H48N2O8/c1-7-12-22(26(34)36-18-16-28(5,6)20-24(31)32)14-11-9-10-13-21(8-2)25(33)35-17-15-27(3,4)19-23(29)30/h21-22H,7-20H2,1-6H3/p+2. The number of unbranched alkanes of at least 4 members (excludes halogenated alkanes) is 2. The minimum Gasteiger partial charge on any atom is -0.477 e. The van der Waals surface area contributed by atoms with Gasteiger partial charge in [-0.15, -0.1) is 0 Å². The molecule has 210 valence electrons. The highest BCUT2D eigenvalue weighted by molar-refractivity contribution is 5.72. The average molecular weight is 519 g/mol. The maximum Gasteiger partial charge on any atom is 0.359 e. The molecule has 0 fully saturated rings. The first-order valence-corrected chi connectivity index (χ1v) is 13.1. The van der Waals surface area contributed by atoms with Crippen LogP contribution < -0.4 is 0 Å². The summed E-state index contributed by atoms with van der Waals surface area (Å²) in [7, 11) is 7.18. The molecule has 0 aromatic rings. The number of esters is 2. The van der Waals surface area contributed by atoms with E-state index in [-0.39, 0.29) is 59.0 Å². The summed E-state index contributed by atoms with van der Waals surface area (Å²) in [4.78, 5) is 46.8. The van der Waals surface area contributed by atoms with Crippen molar-refractivity contribution >= 4 is 23.9 Å². The van der Waals surface area contributed by atoms with Crippen molar-refractivity contribution in [3.05, 3.63) is 0 Å². The molecule has 10 heteroatoms. The fourth-order valence-electron chi connectivity index (χ4n) is 4.09. The number of ether oxygens (including phenoxy) is 2. The summed E-state index contributed by atoms with van der Waals surface area (Å²) in [5.74, 6) is -2.55. The molecule has 0 saturated carbocycles. The fraction of sp³-hybridized carbons (Fsp3) is 0.846. The molecule has 2 unspecified atom stereocenters. The number of quaternary nitrogens is 2. The Morgan fingerprint density at radius 1 is 0.667 bits per heavy atom. The molecule has 0 aliphatic carbocycles. The lowest BCUT2D eigenvalue weighted by atomic mass is 9.94. The van der Waals surface area contributed by atoms with Crippen LogP contribution in [0.3, 0.4) is 0 Å². The molecule has 0 bridgehead atoms. The topological polar surface area (TPSA) is 127 Å². The second kappa shape index (κ2) is 17.3. The van der Waals surface area contributed by atoms with Crippen molar-refractivity contribution < 1.29 is 47.8 Å². The molecule has 0 spiro atoms. The van der Waals surface area contributed by atoms with Gasteiger partial charge >= 0.3 is 23.9 Å². The molecule has 36 heavy (non-hydrogen) atoms. The van der Waals surface area contributed by atoms with Gasteiger partial charge in [-0.05, 0) is 25.7 Å². The Bertz CT molecular complexity index is 693. The first-order valence-electron chi connectivity index (χ1n) is 13.1. The third kappa shape index (κ3) is 16.5. The van der Waals surface area contributed by atoms with E-state index in [0.717, 1.165) is 44.9 Å². The predicted molar refractivity (Wildman–Crippen MR) is 136 cm³/mol. The second-order valence-electron chi connectivity index (χ2n) is 11.0. The van der Waals surface area contributed by atoms with E-state index < -0.39 is 11.9 Å². The van der Waals surface area contributed by atoms with E-state index in [1.807, 2.05) is 13.8 Å². The largest absolute Gasteiger partial charge is 0.477 e. The molecule has 0 aliphatic rings. The minimum absolute atomic E-state index is 0.0236. The zero-order valence-corrected chi connectivity index (χ0v) is 23.3. The fourth-order valence-corrected chi connectivity index (χ4v) is 4.09. The zero-order valence-electron chi connectivity index (χ0n) is 23.3. The van der Waals surface area contributed by atoms with Gasteiger partial charge in [0.15, 0.2) is 13.1 Å². The van der Waals surface area contributed by atoms with Crippen molar-refractivity contribution in [2.75, 3.05) is 67.6 Å². The van der Waals surface area contributed by atoms with Gasteiger partial charge < -0.3 is 28.7 Å². The summed E-state index contributed by atoms with van der Waals surface area (Å²) < 4.78 is 11.4. The van der Waals surface area contributed by atoms with Crippen LogP contribution in [0.4, 0.5) is 0 Å². The van der Waals surface area contributed by atoms with Crippen LogP contribution in [-0.2, 0) is 28.7 Å². The van der Waals surface area contributed by atoms with Gasteiger partial charge in [-0.25, -0.2) is 9.59 Å². The number of aliphatic carboxylic acids is 2. The highest BCUT2D eigenvalue weighted by Crippen LogP contribution is 2.20. The Kier molecular flexibility index (Phi) is 16.2. The van der Waals surface area contributed by atoms with Crippen LogP contribution in [0.1, 0.15) is 65.2 Å². The van der Waals surface area contributed by atoms with Gasteiger partial charge in [0.1, 0.15) is 26.3 Å². The zero-order chi connectivity index (χ0) is 27.8. The third-order valence-corrected chi connectivity index (χ3v) is 6.41. The molecule has 0 amide bonds. The maximum atomic E-state index is 12.5. The van der Waals surface area contributed by atoms with Gasteiger partial charge in [0.2, 0.25) is 0 Å². The average Bonchev–Trinajstić information content (AvgIpc) is 2.73. The van der Waals surface area contributed by atoms with Crippen LogP contribution in [0.25, 0.3) is 0 Å². The first kappa shape index (κ1) is 33.8. The Labute approximate surface area is 216 Å². The monoisotopic (exact) mass is 518 g/mol. The highest BCUT2D eigenvalue weighted by atomic mass is 16.5. The Hall–Kier alpha value is -2.20. The van der Waals surface area contributed by atoms with E-state index in [1.165, 1.54) is 0 Å². The summed E-state index contributed by atoms with van der Waals surface area (Å²) in [6.45, 7) is 5.23. The third-order valence-electron chi connectivity index (χ3n) is 6.41. The Morgan fingerprint density at radius 2 is 1.08 bits per heavy atom. The molecule has 0 aromatic carbocycles. The molecule has 0 radical (unpaired) electrons. The van der Waals surface area contributed by atoms with Gasteiger partial charge in [-0.1, -0.05) is 39.5 Å². The van der Waals surface area contributed by atoms with Gasteiger partial charge in [-0.3, -0.25) is 9.59 Å². The molecular weight excluding hydrogens is 468 g/mol. The lowest BCUT2D eigenvalue weighted by Gasteiger charge is -2.27. The minimum atomic E-state index is -0.883. The van der Waals surface area contributed by atoms with Crippen molar-refractivity contribution in [1.82, 2.24) is 0 Å². The first-order chi connectivity index (χ1) is 16.7. The van der Waals surface area contributed by atoms with Crippen molar-refractivity contribution in [3.63, 3.8) is 0 Å². The van der Waals surface area contributed by atoms with E-state index in [1.54, 1.807) is 28.2 Å². The van der Waals surface area contributed by atoms with E-state index in [4.69, 9.17) is 19.7 Å². The van der Waals surface area contributed by atoms with Crippen LogP contribution in [0.5, 0.6) is 0 Å². The summed E-state index contributed by atoms with van der Waals surface area (Å²) in [6, 6.07) is 0. The number of rotatable bonds is 21. The second-order valence-corrected chi connectivity index (χ2v) is 11.0. The smallest absolute Gasteiger partial charge is 0.359 e. The molecule has 0 aromatic heterocycles. The predicted octanol–water partition coefficient (Wildman–Crippen LogP) is 2.79. The number of likely N-dealkylation sites (N-methyl/N-ethyl adjacent to an activating group) is 2. The van der Waals surface area contributed by atoms with E-state index in [9.17, 15) is 19.2 Å². The summed E-state index contributed by atoms with van der Waals surface area (Å²) >= 11 is 0. The van der Waals surface area contributed by atoms with E-state index in [0.29, 0.717) is 19.5 Å². The van der Waals surface area contributed by atoms with Crippen molar-refractivity contribution in [1.29, 1.82) is 0 Å². The lowest BCUT2D eigenvalue weighted by Crippen LogP contribution is -2.46. The quantitative estimate of drug-likeness (QED) is 0.135. The van der Waals surface area contributed by atoms with Crippen LogP contribution in [0, 0.1) is 11.8 Å². The Balaban J connectivity index is 4.35. The molecule has 2 atom stereocenters. The van der Waals surface area contributed by atoms with Crippen LogP contribution >= 0.6 is 0 Å². The molecule has 0 rings (SSSR count). The van der Waals surface area contributed by atoms with Gasteiger partial charge in [0.25, 0.3) is 0 Å². The number of nitrogens with zero attached hydrogens (tertiary/aromatic N) is 2. The summed E-state index contributed by atoms with van der Waals surface area (Å²) in [5.41, 5.74) is 0. The van der Waals surface area contributed by atoms with Crippen LogP contribution in [0.15, 0.2) is 0 Å². The van der Waals surface area contributed by atoms with Crippen LogP contribution in [0.2, 0.25) is 0 Å². The van der Waals surface area contributed by atoms with Gasteiger partial charge in [0, 0.05) is 0 Å². The number of carboxylic acids is 2. The number of hydrogen-bond acceptors (Lipinski definition) is 6. The van der Waals surface area contributed by atoms with Crippen LogP contribution in [-0.4, -0.2) is 111 Å². The van der Waals surface area contributed by atoms with Gasteiger partial charge in [0.05, 0.1) is 40.0 Å². The molecule has 2 N–H and O–H groups in total. The number of hydrogen-bond donors (Lipinski definition) is 2. The number of carbonyl (C=O) groups is 4. The molecular formula is C26H50N2O8+2. The maximum absolute atomic E-state index is 12.5. The normalized spacial score (nSPS) is 13.6. The van der Waals surface area contributed by atoms with Crippen molar-refractivity contribution in [2.24, 2.45) is 11.8 Å². The Morgan fingerprint density at radius 3 is 1.47 bits per heavy atom. The number of carbonyl (C=O) groups excluding carboxylic acids is 2. The lowest BCUT2D eigenvalue weighted by molar-refractivity contribution is -0.883. The molecule has 10 nitrogen and oxygen atoms in total. The summed E-state index contributed by atoms with van der Waals surface area (Å²) in [5, 5.41) is 17.9. The molecule has 0 heterocycles. The highest BCUT2D eigenvalue weighted by Gasteiger charge is 2.24. The van der Waals surface area contributed by atoms with E-state index in [2.05, 4.69) is 0 Å². The number of carboxylic acid groups (broad SMARTS) is 2. The molecule has 0 aliphatic heterocycles. The molecule has 0 saturated heterocycles. The summed E-state index contributed by atoms with van der Waals surface area (Å²) in [6.07, 6.45) is 6.42.